The van der Waals surface area contributed by atoms with E-state index in [1.165, 1.54) is 12.1 Å². The van der Waals surface area contributed by atoms with Crippen molar-refractivity contribution in [1.29, 1.82) is 0 Å². The van der Waals surface area contributed by atoms with E-state index in [4.69, 9.17) is 0 Å². The molecule has 0 atom stereocenters. The van der Waals surface area contributed by atoms with E-state index in [9.17, 15) is 14.5 Å². The summed E-state index contributed by atoms with van der Waals surface area (Å²) in [6.45, 7) is 4.43. The highest BCUT2D eigenvalue weighted by Gasteiger charge is 2.15. The van der Waals surface area contributed by atoms with Gasteiger partial charge < -0.3 is 4.57 Å². The van der Waals surface area contributed by atoms with E-state index >= 15 is 0 Å². The van der Waals surface area contributed by atoms with Gasteiger partial charge in [-0.25, -0.2) is 4.39 Å². The molecule has 0 radical (unpaired) electrons. The van der Waals surface area contributed by atoms with Gasteiger partial charge in [-0.3, -0.25) is 10.1 Å². The second kappa shape index (κ2) is 5.35. The summed E-state index contributed by atoms with van der Waals surface area (Å²) in [6, 6.07) is 3.55. The fourth-order valence-corrected chi connectivity index (χ4v) is 2.53. The number of halogens is 1. The van der Waals surface area contributed by atoms with Crippen LogP contribution in [0.1, 0.15) is 12.7 Å². The Balaban J connectivity index is 2.31. The largest absolute Gasteiger partial charge is 0.306 e. The molecule has 1 heterocycles. The normalized spacial score (nSPS) is 10.7. The Hall–Kier alpha value is -1.96. The highest BCUT2D eigenvalue weighted by atomic mass is 32.2. The molecule has 8 heteroatoms. The summed E-state index contributed by atoms with van der Waals surface area (Å²) in [4.78, 5) is 10.2. The summed E-state index contributed by atoms with van der Waals surface area (Å²) in [5, 5.41) is 19.0. The fourth-order valence-electron chi connectivity index (χ4n) is 1.59. The molecule has 6 nitrogen and oxygen atoms in total. The Morgan fingerprint density at radius 3 is 2.79 bits per heavy atom. The molecule has 0 saturated heterocycles. The minimum Gasteiger partial charge on any atom is -0.306 e. The first-order chi connectivity index (χ1) is 9.02. The van der Waals surface area contributed by atoms with Crippen molar-refractivity contribution in [2.24, 2.45) is 0 Å². The van der Waals surface area contributed by atoms with Crippen LogP contribution in [0.4, 0.5) is 10.1 Å². The summed E-state index contributed by atoms with van der Waals surface area (Å²) in [6.07, 6.45) is 0. The Kier molecular flexibility index (Phi) is 3.79. The smallest absolute Gasteiger partial charge is 0.272 e. The maximum atomic E-state index is 13.8. The van der Waals surface area contributed by atoms with Crippen LogP contribution >= 0.6 is 11.8 Å². The van der Waals surface area contributed by atoms with Crippen molar-refractivity contribution >= 4 is 17.4 Å². The lowest BCUT2D eigenvalue weighted by Gasteiger charge is -2.05. The number of non-ortho nitro benzene ring substituents is 1. The van der Waals surface area contributed by atoms with Crippen molar-refractivity contribution in [3.8, 4) is 0 Å². The number of rotatable bonds is 4. The maximum Gasteiger partial charge on any atom is 0.272 e. The number of nitrogens with zero attached hydrogens (tertiary/aromatic N) is 4. The predicted molar refractivity (Wildman–Crippen MR) is 67.6 cm³/mol. The zero-order valence-electron chi connectivity index (χ0n) is 10.3. The average molecular weight is 282 g/mol. The van der Waals surface area contributed by atoms with Crippen molar-refractivity contribution in [3.63, 3.8) is 0 Å². The third-order valence-electron chi connectivity index (χ3n) is 2.55. The topological polar surface area (TPSA) is 73.8 Å². The minimum absolute atomic E-state index is 0.269. The van der Waals surface area contributed by atoms with E-state index in [-0.39, 0.29) is 10.6 Å². The molecule has 0 spiro atoms. The molecule has 0 amide bonds. The van der Waals surface area contributed by atoms with Gasteiger partial charge in [-0.15, -0.1) is 10.2 Å². The van der Waals surface area contributed by atoms with Crippen molar-refractivity contribution < 1.29 is 9.31 Å². The number of nitro benzene ring substituents is 1. The van der Waals surface area contributed by atoms with Crippen LogP contribution in [0.15, 0.2) is 28.3 Å². The molecule has 1 aromatic carbocycles. The van der Waals surface area contributed by atoms with Crippen molar-refractivity contribution in [1.82, 2.24) is 14.8 Å². The van der Waals surface area contributed by atoms with E-state index < -0.39 is 10.7 Å². The molecule has 2 aromatic rings. The average Bonchev–Trinajstić information content (AvgIpc) is 2.72. The van der Waals surface area contributed by atoms with Crippen molar-refractivity contribution in [3.05, 3.63) is 40.0 Å². The third-order valence-corrected chi connectivity index (χ3v) is 3.58. The van der Waals surface area contributed by atoms with Gasteiger partial charge in [0, 0.05) is 12.6 Å². The number of benzene rings is 1. The number of aryl methyl sites for hydroxylation is 1. The van der Waals surface area contributed by atoms with Crippen molar-refractivity contribution in [2.75, 3.05) is 0 Å². The molecule has 19 heavy (non-hydrogen) atoms. The van der Waals surface area contributed by atoms with E-state index in [0.717, 1.165) is 23.7 Å². The quantitative estimate of drug-likeness (QED) is 0.636. The molecule has 100 valence electrons. The first kappa shape index (κ1) is 13.5. The van der Waals surface area contributed by atoms with E-state index in [2.05, 4.69) is 10.2 Å². The van der Waals surface area contributed by atoms with Gasteiger partial charge in [0.2, 0.25) is 0 Å². The third kappa shape index (κ3) is 2.73. The van der Waals surface area contributed by atoms with Gasteiger partial charge in [-0.1, -0.05) is 0 Å². The molecule has 0 N–H and O–H groups in total. The number of nitro groups is 1. The lowest BCUT2D eigenvalue weighted by molar-refractivity contribution is -0.385. The first-order valence-corrected chi connectivity index (χ1v) is 6.36. The molecule has 0 aliphatic heterocycles. The predicted octanol–water partition coefficient (Wildman–Crippen LogP) is 2.80. The first-order valence-electron chi connectivity index (χ1n) is 5.54. The molecule has 2 rings (SSSR count). The lowest BCUT2D eigenvalue weighted by Crippen LogP contribution is -1.99. The molecule has 1 aromatic heterocycles. The SMILES string of the molecule is CCn1c(C)nnc1Sc1ccc([N+](=O)[O-])cc1F. The van der Waals surface area contributed by atoms with Crippen LogP contribution in [-0.2, 0) is 6.54 Å². The Labute approximate surface area is 112 Å². The summed E-state index contributed by atoms with van der Waals surface area (Å²) < 4.78 is 15.6. The molecule has 0 unspecified atom stereocenters. The molecule has 0 saturated carbocycles. The fraction of sp³-hybridized carbons (Fsp3) is 0.273. The Morgan fingerprint density at radius 1 is 1.47 bits per heavy atom. The standard InChI is InChI=1S/C11H11FN4O2S/c1-3-15-7(2)13-14-11(15)19-10-5-4-8(16(17)18)6-9(10)12/h4-6H,3H2,1-2H3. The van der Waals surface area contributed by atoms with Gasteiger partial charge in [0.1, 0.15) is 11.6 Å². The van der Waals surface area contributed by atoms with Gasteiger partial charge in [-0.05, 0) is 31.7 Å². The molecular formula is C11H11FN4O2S. The van der Waals surface area contributed by atoms with Crippen LogP contribution in [0.3, 0.4) is 0 Å². The monoisotopic (exact) mass is 282 g/mol. The second-order valence-corrected chi connectivity index (χ2v) is 4.76. The van der Waals surface area contributed by atoms with Gasteiger partial charge in [0.15, 0.2) is 5.16 Å². The van der Waals surface area contributed by atoms with Crippen LogP contribution in [0.2, 0.25) is 0 Å². The lowest BCUT2D eigenvalue weighted by atomic mass is 10.3. The van der Waals surface area contributed by atoms with Gasteiger partial charge in [-0.2, -0.15) is 0 Å². The van der Waals surface area contributed by atoms with Crippen LogP contribution in [0.5, 0.6) is 0 Å². The molecule has 0 aliphatic carbocycles. The van der Waals surface area contributed by atoms with E-state index in [1.807, 2.05) is 18.4 Å². The zero-order valence-corrected chi connectivity index (χ0v) is 11.1. The van der Waals surface area contributed by atoms with Crippen LogP contribution in [-0.4, -0.2) is 19.7 Å². The summed E-state index contributed by atoms with van der Waals surface area (Å²) >= 11 is 1.10. The van der Waals surface area contributed by atoms with Gasteiger partial charge in [0.05, 0.1) is 15.9 Å². The molecule has 0 aliphatic rings. The molecule has 0 bridgehead atoms. The van der Waals surface area contributed by atoms with Crippen LogP contribution in [0, 0.1) is 22.9 Å². The summed E-state index contributed by atoms with van der Waals surface area (Å²) in [7, 11) is 0. The van der Waals surface area contributed by atoms with Crippen molar-refractivity contribution in [2.45, 2.75) is 30.4 Å². The molecular weight excluding hydrogens is 271 g/mol. The van der Waals surface area contributed by atoms with Crippen LogP contribution < -0.4 is 0 Å². The summed E-state index contributed by atoms with van der Waals surface area (Å²) in [5.41, 5.74) is -0.269. The number of hydrogen-bond donors (Lipinski definition) is 0. The Morgan fingerprint density at radius 2 is 2.21 bits per heavy atom. The van der Waals surface area contributed by atoms with E-state index in [1.54, 1.807) is 0 Å². The summed E-state index contributed by atoms with van der Waals surface area (Å²) in [5.74, 6) is 0.106. The highest BCUT2D eigenvalue weighted by Crippen LogP contribution is 2.30. The van der Waals surface area contributed by atoms with E-state index in [0.29, 0.717) is 11.7 Å². The zero-order chi connectivity index (χ0) is 14.0. The highest BCUT2D eigenvalue weighted by molar-refractivity contribution is 7.99. The van der Waals surface area contributed by atoms with Gasteiger partial charge >= 0.3 is 0 Å². The number of aromatic nitrogens is 3. The van der Waals surface area contributed by atoms with Gasteiger partial charge in [0.25, 0.3) is 5.69 Å². The number of hydrogen-bond acceptors (Lipinski definition) is 5. The minimum atomic E-state index is -0.637. The second-order valence-electron chi connectivity index (χ2n) is 3.75. The van der Waals surface area contributed by atoms with Crippen LogP contribution in [0.25, 0.3) is 0 Å². The maximum absolute atomic E-state index is 13.8. The Bertz CT molecular complexity index is 629. The molecule has 0 fully saturated rings.